The number of benzene rings is 1. The molecule has 1 aromatic carbocycles. The van der Waals surface area contributed by atoms with Crippen molar-refractivity contribution in [2.75, 3.05) is 13.2 Å². The van der Waals surface area contributed by atoms with E-state index >= 15 is 0 Å². The minimum absolute atomic E-state index is 0.241. The summed E-state index contributed by atoms with van der Waals surface area (Å²) in [7, 11) is 0. The van der Waals surface area contributed by atoms with Crippen LogP contribution in [0.2, 0.25) is 0 Å². The summed E-state index contributed by atoms with van der Waals surface area (Å²) in [6, 6.07) is 3.37. The molecule has 9 heteroatoms. The number of ether oxygens (including phenoxy) is 1. The predicted octanol–water partition coefficient (Wildman–Crippen LogP) is 3.40. The van der Waals surface area contributed by atoms with E-state index in [1.807, 2.05) is 10.3 Å². The number of hydrogen-bond acceptors (Lipinski definition) is 7. The maximum atomic E-state index is 13.7. The number of carbonyl (C=O) groups is 1. The van der Waals surface area contributed by atoms with Crippen LogP contribution in [-0.4, -0.2) is 40.9 Å². The first-order valence-electron chi connectivity index (χ1n) is 8.88. The van der Waals surface area contributed by atoms with Gasteiger partial charge < -0.3 is 15.4 Å². The zero-order valence-corrected chi connectivity index (χ0v) is 17.5. The lowest BCUT2D eigenvalue weighted by Gasteiger charge is -2.32. The molecular formula is C19H18BrFN4O2S. The second kappa shape index (κ2) is 7.73. The summed E-state index contributed by atoms with van der Waals surface area (Å²) < 4.78 is 19.5. The Morgan fingerprint density at radius 2 is 2.32 bits per heavy atom. The summed E-state index contributed by atoms with van der Waals surface area (Å²) in [6.45, 7) is 2.64. The van der Waals surface area contributed by atoms with Crippen LogP contribution < -0.4 is 5.73 Å². The van der Waals surface area contributed by atoms with Crippen LogP contribution in [0.5, 0.6) is 0 Å². The van der Waals surface area contributed by atoms with Crippen LogP contribution >= 0.6 is 27.3 Å². The number of halogens is 2. The molecule has 2 atom stereocenters. The number of fused-ring (bicyclic) bond motifs is 1. The SMILES string of the molecule is CCOC(=O)C1=C2[C@@H](N)CCN2C(c2nccs2)=N[C@H]1c1ccc(F)cc1Br. The normalized spacial score (nSPS) is 21.6. The number of aromatic nitrogens is 1. The van der Waals surface area contributed by atoms with Gasteiger partial charge in [0.15, 0.2) is 10.8 Å². The highest BCUT2D eigenvalue weighted by atomic mass is 79.9. The Hall–Kier alpha value is -2.10. The quantitative estimate of drug-likeness (QED) is 0.701. The molecule has 4 rings (SSSR count). The van der Waals surface area contributed by atoms with Gasteiger partial charge in [0.25, 0.3) is 0 Å². The molecule has 0 unspecified atom stereocenters. The second-order valence-corrected chi connectivity index (χ2v) is 8.17. The molecule has 3 heterocycles. The van der Waals surface area contributed by atoms with Crippen molar-refractivity contribution in [2.45, 2.75) is 25.4 Å². The molecule has 146 valence electrons. The van der Waals surface area contributed by atoms with Gasteiger partial charge in [0.2, 0.25) is 0 Å². The number of rotatable bonds is 4. The lowest BCUT2D eigenvalue weighted by Crippen LogP contribution is -2.38. The van der Waals surface area contributed by atoms with Gasteiger partial charge in [-0.2, -0.15) is 0 Å². The number of hydrogen-bond donors (Lipinski definition) is 1. The molecule has 2 aliphatic rings. The lowest BCUT2D eigenvalue weighted by atomic mass is 9.93. The Balaban J connectivity index is 1.93. The van der Waals surface area contributed by atoms with Crippen LogP contribution in [0.15, 0.2) is 50.5 Å². The van der Waals surface area contributed by atoms with Crippen LogP contribution in [0, 0.1) is 5.82 Å². The van der Waals surface area contributed by atoms with E-state index in [4.69, 9.17) is 15.5 Å². The highest BCUT2D eigenvalue weighted by Gasteiger charge is 2.42. The third kappa shape index (κ3) is 3.27. The van der Waals surface area contributed by atoms with Crippen molar-refractivity contribution in [1.82, 2.24) is 9.88 Å². The highest BCUT2D eigenvalue weighted by molar-refractivity contribution is 9.10. The van der Waals surface area contributed by atoms with Crippen molar-refractivity contribution in [3.63, 3.8) is 0 Å². The third-order valence-electron chi connectivity index (χ3n) is 4.74. The van der Waals surface area contributed by atoms with Gasteiger partial charge in [-0.1, -0.05) is 22.0 Å². The number of esters is 1. The van der Waals surface area contributed by atoms with E-state index in [-0.39, 0.29) is 18.5 Å². The predicted molar refractivity (Wildman–Crippen MR) is 108 cm³/mol. The fourth-order valence-corrected chi connectivity index (χ4v) is 4.77. The van der Waals surface area contributed by atoms with E-state index < -0.39 is 12.0 Å². The Labute approximate surface area is 174 Å². The standard InChI is InChI=1S/C19H18BrFN4O2S/c1-2-27-19(26)14-15(11-4-3-10(21)9-12(11)20)24-17(18-23-6-8-28-18)25-7-5-13(22)16(14)25/h3-4,6,8-9,13,15H,2,5,7,22H2,1H3/t13-,15-/m0/s1. The molecule has 1 saturated heterocycles. The van der Waals surface area contributed by atoms with Gasteiger partial charge in [0.1, 0.15) is 11.9 Å². The summed E-state index contributed by atoms with van der Waals surface area (Å²) in [4.78, 5) is 24.1. The van der Waals surface area contributed by atoms with E-state index in [0.717, 1.165) is 5.01 Å². The Morgan fingerprint density at radius 1 is 1.50 bits per heavy atom. The number of carbonyl (C=O) groups excluding carboxylic acids is 1. The van der Waals surface area contributed by atoms with Crippen LogP contribution in [0.1, 0.15) is 30.0 Å². The summed E-state index contributed by atoms with van der Waals surface area (Å²) in [5.74, 6) is -0.157. The molecule has 2 N–H and O–H groups in total. The molecule has 0 bridgehead atoms. The van der Waals surface area contributed by atoms with Crippen molar-refractivity contribution >= 4 is 39.1 Å². The molecule has 0 amide bonds. The first-order valence-corrected chi connectivity index (χ1v) is 10.6. The fraction of sp³-hybridized carbons (Fsp3) is 0.316. The van der Waals surface area contributed by atoms with Gasteiger partial charge in [0.05, 0.1) is 12.2 Å². The topological polar surface area (TPSA) is 80.8 Å². The van der Waals surface area contributed by atoms with Crippen LogP contribution in [0.3, 0.4) is 0 Å². The van der Waals surface area contributed by atoms with Crippen molar-refractivity contribution in [2.24, 2.45) is 10.7 Å². The zero-order chi connectivity index (χ0) is 19.8. The number of amidine groups is 1. The lowest BCUT2D eigenvalue weighted by molar-refractivity contribution is -0.139. The molecule has 28 heavy (non-hydrogen) atoms. The summed E-state index contributed by atoms with van der Waals surface area (Å²) in [5, 5.41) is 2.62. The van der Waals surface area contributed by atoms with Gasteiger partial charge in [-0.15, -0.1) is 11.3 Å². The van der Waals surface area contributed by atoms with Gasteiger partial charge in [-0.05, 0) is 31.0 Å². The van der Waals surface area contributed by atoms with E-state index in [1.54, 1.807) is 19.2 Å². The smallest absolute Gasteiger partial charge is 0.338 e. The number of nitrogens with two attached hydrogens (primary N) is 1. The molecule has 1 aromatic heterocycles. The Bertz CT molecular complexity index is 976. The van der Waals surface area contributed by atoms with E-state index in [0.29, 0.717) is 40.1 Å². The Morgan fingerprint density at radius 3 is 3.00 bits per heavy atom. The third-order valence-corrected chi connectivity index (χ3v) is 6.19. The van der Waals surface area contributed by atoms with Crippen molar-refractivity contribution in [1.29, 1.82) is 0 Å². The molecule has 6 nitrogen and oxygen atoms in total. The van der Waals surface area contributed by atoms with Gasteiger partial charge >= 0.3 is 5.97 Å². The molecule has 2 aliphatic heterocycles. The maximum Gasteiger partial charge on any atom is 0.338 e. The second-order valence-electron chi connectivity index (χ2n) is 6.42. The molecule has 2 aromatic rings. The van der Waals surface area contributed by atoms with Crippen LogP contribution in [0.25, 0.3) is 0 Å². The molecule has 0 saturated carbocycles. The number of aliphatic imine (C=N–C) groups is 1. The van der Waals surface area contributed by atoms with E-state index in [2.05, 4.69) is 20.9 Å². The van der Waals surface area contributed by atoms with E-state index in [9.17, 15) is 9.18 Å². The molecule has 1 fully saturated rings. The minimum atomic E-state index is -0.664. The first kappa shape index (κ1) is 19.2. The average Bonchev–Trinajstić information content (AvgIpc) is 3.31. The van der Waals surface area contributed by atoms with Crippen molar-refractivity contribution < 1.29 is 13.9 Å². The first-order chi connectivity index (χ1) is 13.5. The molecule has 0 radical (unpaired) electrons. The molecule has 0 spiro atoms. The van der Waals surface area contributed by atoms with Gasteiger partial charge in [0, 0.05) is 34.3 Å². The number of thiazole rings is 1. The highest BCUT2D eigenvalue weighted by Crippen LogP contribution is 2.42. The van der Waals surface area contributed by atoms with E-state index in [1.165, 1.54) is 23.5 Å². The van der Waals surface area contributed by atoms with Crippen molar-refractivity contribution in [3.8, 4) is 0 Å². The largest absolute Gasteiger partial charge is 0.463 e. The van der Waals surface area contributed by atoms with Crippen molar-refractivity contribution in [3.05, 3.63) is 61.9 Å². The summed E-state index contributed by atoms with van der Waals surface area (Å²) in [5.41, 5.74) is 8.16. The zero-order valence-electron chi connectivity index (χ0n) is 15.1. The molecular weight excluding hydrogens is 447 g/mol. The summed E-state index contributed by atoms with van der Waals surface area (Å²) in [6.07, 6.45) is 2.41. The monoisotopic (exact) mass is 464 g/mol. The summed E-state index contributed by atoms with van der Waals surface area (Å²) >= 11 is 4.88. The van der Waals surface area contributed by atoms with Crippen LogP contribution in [0.4, 0.5) is 4.39 Å². The average molecular weight is 465 g/mol. The number of nitrogens with zero attached hydrogens (tertiary/aromatic N) is 3. The maximum absolute atomic E-state index is 13.7. The minimum Gasteiger partial charge on any atom is -0.463 e. The van der Waals surface area contributed by atoms with Crippen LogP contribution in [-0.2, 0) is 9.53 Å². The van der Waals surface area contributed by atoms with Gasteiger partial charge in [-0.25, -0.2) is 14.2 Å². The molecule has 0 aliphatic carbocycles. The van der Waals surface area contributed by atoms with Gasteiger partial charge in [-0.3, -0.25) is 4.99 Å². The Kier molecular flexibility index (Phi) is 5.31. The fourth-order valence-electron chi connectivity index (χ4n) is 3.57.